The van der Waals surface area contributed by atoms with Crippen molar-refractivity contribution in [2.24, 2.45) is 0 Å². The number of para-hydroxylation sites is 2. The van der Waals surface area contributed by atoms with E-state index in [0.717, 1.165) is 0 Å². The zero-order valence-electron chi connectivity index (χ0n) is 14.9. The number of halogens is 1. The summed E-state index contributed by atoms with van der Waals surface area (Å²) in [6, 6.07) is 22.7. The van der Waals surface area contributed by atoms with Crippen molar-refractivity contribution < 1.29 is 13.2 Å². The van der Waals surface area contributed by atoms with Crippen LogP contribution in [0.4, 0.5) is 5.69 Å². The first-order valence-electron chi connectivity index (χ1n) is 8.57. The van der Waals surface area contributed by atoms with Crippen LogP contribution in [0.3, 0.4) is 0 Å². The number of sulfonamides is 1. The Morgan fingerprint density at radius 2 is 1.52 bits per heavy atom. The molecule has 0 aliphatic heterocycles. The topological polar surface area (TPSA) is 46.6 Å². The van der Waals surface area contributed by atoms with Crippen LogP contribution in [0.25, 0.3) is 0 Å². The fourth-order valence-electron chi connectivity index (χ4n) is 2.74. The maximum Gasteiger partial charge on any atom is 0.264 e. The molecule has 3 aromatic carbocycles. The van der Waals surface area contributed by atoms with Gasteiger partial charge < -0.3 is 4.74 Å². The SMILES string of the molecule is CCOc1ccccc1N(Cc1ccccc1Cl)S(=O)(=O)c1ccccc1. The molecule has 0 saturated heterocycles. The molecule has 0 spiro atoms. The summed E-state index contributed by atoms with van der Waals surface area (Å²) in [6.07, 6.45) is 0. The molecule has 0 heterocycles. The van der Waals surface area contributed by atoms with E-state index in [2.05, 4.69) is 0 Å². The van der Waals surface area contributed by atoms with E-state index in [1.54, 1.807) is 54.6 Å². The number of rotatable bonds is 7. The van der Waals surface area contributed by atoms with Crippen LogP contribution in [-0.2, 0) is 16.6 Å². The Balaban J connectivity index is 2.14. The summed E-state index contributed by atoms with van der Waals surface area (Å²) < 4.78 is 33.9. The Morgan fingerprint density at radius 3 is 2.22 bits per heavy atom. The third-order valence-electron chi connectivity index (χ3n) is 4.04. The van der Waals surface area contributed by atoms with Gasteiger partial charge in [-0.15, -0.1) is 0 Å². The zero-order valence-corrected chi connectivity index (χ0v) is 16.5. The summed E-state index contributed by atoms with van der Waals surface area (Å²) in [4.78, 5) is 0.211. The number of benzene rings is 3. The van der Waals surface area contributed by atoms with Crippen LogP contribution in [0.15, 0.2) is 83.8 Å². The largest absolute Gasteiger partial charge is 0.492 e. The fraction of sp³-hybridized carbons (Fsp3) is 0.143. The standard InChI is InChI=1S/C21H20ClNO3S/c1-2-26-21-15-9-8-14-20(21)23(16-17-10-6-7-13-19(17)22)27(24,25)18-11-4-3-5-12-18/h3-15H,2,16H2,1H3. The number of anilines is 1. The van der Waals surface area contributed by atoms with Crippen molar-refractivity contribution in [1.82, 2.24) is 0 Å². The summed E-state index contributed by atoms with van der Waals surface area (Å²) >= 11 is 6.30. The summed E-state index contributed by atoms with van der Waals surface area (Å²) in [6.45, 7) is 2.39. The van der Waals surface area contributed by atoms with E-state index >= 15 is 0 Å². The average molecular weight is 402 g/mol. The highest BCUT2D eigenvalue weighted by atomic mass is 35.5. The Hall–Kier alpha value is -2.50. The Kier molecular flexibility index (Phi) is 6.04. The third kappa shape index (κ3) is 4.26. The second-order valence-corrected chi connectivity index (χ2v) is 8.09. The van der Waals surface area contributed by atoms with Gasteiger partial charge in [0, 0.05) is 5.02 Å². The van der Waals surface area contributed by atoms with E-state index in [0.29, 0.717) is 28.6 Å². The molecule has 3 rings (SSSR count). The van der Waals surface area contributed by atoms with Gasteiger partial charge in [0.05, 0.1) is 23.7 Å². The summed E-state index contributed by atoms with van der Waals surface area (Å²) in [5, 5.41) is 0.514. The average Bonchev–Trinajstić information content (AvgIpc) is 2.69. The second-order valence-electron chi connectivity index (χ2n) is 5.82. The van der Waals surface area contributed by atoms with Crippen LogP contribution < -0.4 is 9.04 Å². The van der Waals surface area contributed by atoms with E-state index in [4.69, 9.17) is 16.3 Å². The van der Waals surface area contributed by atoms with Crippen LogP contribution in [0.1, 0.15) is 12.5 Å². The molecule has 0 bridgehead atoms. The van der Waals surface area contributed by atoms with Crippen molar-refractivity contribution in [1.29, 1.82) is 0 Å². The molecule has 0 N–H and O–H groups in total. The number of hydrogen-bond acceptors (Lipinski definition) is 3. The van der Waals surface area contributed by atoms with Gasteiger partial charge in [0.25, 0.3) is 10.0 Å². The minimum absolute atomic E-state index is 0.0982. The zero-order chi connectivity index (χ0) is 19.3. The van der Waals surface area contributed by atoms with E-state index in [-0.39, 0.29) is 11.4 Å². The molecule has 0 aliphatic carbocycles. The van der Waals surface area contributed by atoms with Gasteiger partial charge in [-0.25, -0.2) is 8.42 Å². The van der Waals surface area contributed by atoms with Crippen LogP contribution in [-0.4, -0.2) is 15.0 Å². The lowest BCUT2D eigenvalue weighted by Crippen LogP contribution is -2.31. The Labute approximate surface area is 165 Å². The molecule has 27 heavy (non-hydrogen) atoms. The number of ether oxygens (including phenoxy) is 1. The first kappa shape index (κ1) is 19.3. The summed E-state index contributed by atoms with van der Waals surface area (Å²) in [5.74, 6) is 0.506. The van der Waals surface area contributed by atoms with Crippen molar-refractivity contribution in [3.05, 3.63) is 89.4 Å². The molecular formula is C21H20ClNO3S. The van der Waals surface area contributed by atoms with Crippen molar-refractivity contribution in [3.63, 3.8) is 0 Å². The van der Waals surface area contributed by atoms with Crippen LogP contribution in [0.5, 0.6) is 5.75 Å². The van der Waals surface area contributed by atoms with Crippen LogP contribution in [0.2, 0.25) is 5.02 Å². The third-order valence-corrected chi connectivity index (χ3v) is 6.18. The van der Waals surface area contributed by atoms with E-state index in [9.17, 15) is 8.42 Å². The lowest BCUT2D eigenvalue weighted by Gasteiger charge is -2.27. The molecule has 6 heteroatoms. The molecular weight excluding hydrogens is 382 g/mol. The van der Waals surface area contributed by atoms with Gasteiger partial charge >= 0.3 is 0 Å². The molecule has 140 valence electrons. The van der Waals surface area contributed by atoms with E-state index in [1.807, 2.05) is 31.2 Å². The van der Waals surface area contributed by atoms with Crippen molar-refractivity contribution in [3.8, 4) is 5.75 Å². The summed E-state index contributed by atoms with van der Waals surface area (Å²) in [5.41, 5.74) is 1.19. The van der Waals surface area contributed by atoms with Gasteiger partial charge in [-0.3, -0.25) is 4.31 Å². The lowest BCUT2D eigenvalue weighted by atomic mass is 10.2. The predicted molar refractivity (Wildman–Crippen MR) is 109 cm³/mol. The van der Waals surface area contributed by atoms with Gasteiger partial charge in [0.15, 0.2) is 0 Å². The smallest absolute Gasteiger partial charge is 0.264 e. The van der Waals surface area contributed by atoms with Crippen LogP contribution >= 0.6 is 11.6 Å². The van der Waals surface area contributed by atoms with E-state index in [1.165, 1.54) is 4.31 Å². The van der Waals surface area contributed by atoms with Gasteiger partial charge in [0.2, 0.25) is 0 Å². The highest BCUT2D eigenvalue weighted by molar-refractivity contribution is 7.92. The predicted octanol–water partition coefficient (Wildman–Crippen LogP) is 5.13. The fourth-order valence-corrected chi connectivity index (χ4v) is 4.41. The first-order chi connectivity index (χ1) is 13.0. The van der Waals surface area contributed by atoms with Gasteiger partial charge in [-0.05, 0) is 42.8 Å². The molecule has 0 atom stereocenters. The molecule has 0 saturated carbocycles. The Morgan fingerprint density at radius 1 is 0.889 bits per heavy atom. The molecule has 0 aromatic heterocycles. The maximum absolute atomic E-state index is 13.4. The lowest BCUT2D eigenvalue weighted by molar-refractivity contribution is 0.341. The molecule has 4 nitrogen and oxygen atoms in total. The molecule has 0 unspecified atom stereocenters. The second kappa shape index (κ2) is 8.46. The highest BCUT2D eigenvalue weighted by Gasteiger charge is 2.28. The minimum Gasteiger partial charge on any atom is -0.492 e. The number of hydrogen-bond donors (Lipinski definition) is 0. The van der Waals surface area contributed by atoms with Crippen molar-refractivity contribution >= 4 is 27.3 Å². The van der Waals surface area contributed by atoms with Crippen molar-refractivity contribution in [2.75, 3.05) is 10.9 Å². The quantitative estimate of drug-likeness (QED) is 0.551. The molecule has 0 amide bonds. The van der Waals surface area contributed by atoms with Crippen molar-refractivity contribution in [2.45, 2.75) is 18.4 Å². The van der Waals surface area contributed by atoms with Gasteiger partial charge in [0.1, 0.15) is 5.75 Å². The van der Waals surface area contributed by atoms with Gasteiger partial charge in [-0.1, -0.05) is 60.1 Å². The van der Waals surface area contributed by atoms with Gasteiger partial charge in [-0.2, -0.15) is 0 Å². The molecule has 0 radical (unpaired) electrons. The normalized spacial score (nSPS) is 11.2. The molecule has 0 aliphatic rings. The maximum atomic E-state index is 13.4. The highest BCUT2D eigenvalue weighted by Crippen LogP contribution is 2.34. The van der Waals surface area contributed by atoms with Crippen LogP contribution in [0, 0.1) is 0 Å². The Bertz CT molecular complexity index is 1010. The van der Waals surface area contributed by atoms with E-state index < -0.39 is 10.0 Å². The molecule has 3 aromatic rings. The first-order valence-corrected chi connectivity index (χ1v) is 10.4. The molecule has 0 fully saturated rings. The monoisotopic (exact) mass is 401 g/mol. The minimum atomic E-state index is -3.82. The number of nitrogens with zero attached hydrogens (tertiary/aromatic N) is 1. The summed E-state index contributed by atoms with van der Waals surface area (Å²) in [7, 11) is -3.82.